The molecule has 2 fully saturated rings. The molecule has 1 saturated carbocycles. The van der Waals surface area contributed by atoms with Crippen LogP contribution in [0.3, 0.4) is 0 Å². The van der Waals surface area contributed by atoms with Crippen molar-refractivity contribution in [3.05, 3.63) is 42.2 Å². The number of aromatic nitrogens is 3. The number of hydrogen-bond donors (Lipinski definition) is 3. The third-order valence-electron chi connectivity index (χ3n) is 7.30. The summed E-state index contributed by atoms with van der Waals surface area (Å²) in [6, 6.07) is 9.41. The minimum absolute atomic E-state index is 0.119. The van der Waals surface area contributed by atoms with Gasteiger partial charge in [0.15, 0.2) is 0 Å². The van der Waals surface area contributed by atoms with Crippen LogP contribution < -0.4 is 10.6 Å². The minimum Gasteiger partial charge on any atom is -0.393 e. The molecule has 3 heterocycles. The highest BCUT2D eigenvalue weighted by Crippen LogP contribution is 2.36. The Kier molecular flexibility index (Phi) is 7.63. The fourth-order valence-corrected chi connectivity index (χ4v) is 5.37. The normalized spacial score (nSPS) is 22.4. The molecule has 0 radical (unpaired) electrons. The van der Waals surface area contributed by atoms with E-state index in [0.29, 0.717) is 18.6 Å². The van der Waals surface area contributed by atoms with Gasteiger partial charge in [0.05, 0.1) is 12.7 Å². The van der Waals surface area contributed by atoms with Crippen LogP contribution in [0, 0.1) is 0 Å². The monoisotopic (exact) mass is 478 g/mol. The van der Waals surface area contributed by atoms with Crippen LogP contribution in [0.5, 0.6) is 0 Å². The van der Waals surface area contributed by atoms with E-state index in [4.69, 9.17) is 9.72 Å². The lowest BCUT2D eigenvalue weighted by Gasteiger charge is -2.27. The van der Waals surface area contributed by atoms with Crippen LogP contribution in [0.25, 0.3) is 22.2 Å². The van der Waals surface area contributed by atoms with E-state index in [1.165, 1.54) is 11.1 Å². The number of ether oxygens (including phenoxy) is 1. The maximum absolute atomic E-state index is 10.0. The van der Waals surface area contributed by atoms with Gasteiger partial charge < -0.3 is 25.0 Å². The van der Waals surface area contributed by atoms with Gasteiger partial charge in [0.25, 0.3) is 0 Å². The van der Waals surface area contributed by atoms with Gasteiger partial charge in [-0.1, -0.05) is 24.3 Å². The Morgan fingerprint density at radius 3 is 2.60 bits per heavy atom. The van der Waals surface area contributed by atoms with Crippen molar-refractivity contribution in [2.24, 2.45) is 0 Å². The molecule has 1 aliphatic heterocycles. The SMILES string of the molecule is COC[C@@H](C)Nc1ncc2c(-c3ccc(CN4CCNCC4)cc3)cn(C3CCC(O)CC3)c2n1. The van der Waals surface area contributed by atoms with Crippen molar-refractivity contribution in [2.45, 2.75) is 57.3 Å². The van der Waals surface area contributed by atoms with E-state index >= 15 is 0 Å². The maximum atomic E-state index is 10.0. The first kappa shape index (κ1) is 24.2. The molecule has 3 N–H and O–H groups in total. The number of anilines is 1. The van der Waals surface area contributed by atoms with Gasteiger partial charge >= 0.3 is 0 Å². The first-order valence-electron chi connectivity index (χ1n) is 12.9. The molecule has 5 rings (SSSR count). The molecule has 1 atom stereocenters. The van der Waals surface area contributed by atoms with Gasteiger partial charge in [-0.15, -0.1) is 0 Å². The van der Waals surface area contributed by atoms with E-state index in [-0.39, 0.29) is 12.1 Å². The number of hydrogen-bond acceptors (Lipinski definition) is 7. The van der Waals surface area contributed by atoms with Crippen molar-refractivity contribution in [1.29, 1.82) is 0 Å². The fourth-order valence-electron chi connectivity index (χ4n) is 5.37. The molecule has 0 unspecified atom stereocenters. The largest absolute Gasteiger partial charge is 0.393 e. The summed E-state index contributed by atoms with van der Waals surface area (Å²) in [6.07, 6.45) is 7.60. The molecular weight excluding hydrogens is 440 g/mol. The van der Waals surface area contributed by atoms with E-state index in [9.17, 15) is 5.11 Å². The van der Waals surface area contributed by atoms with Crippen LogP contribution in [-0.4, -0.2) is 76.6 Å². The average molecular weight is 479 g/mol. The molecule has 1 aromatic carbocycles. The van der Waals surface area contributed by atoms with Crippen LogP contribution in [0.15, 0.2) is 36.7 Å². The van der Waals surface area contributed by atoms with Crippen molar-refractivity contribution < 1.29 is 9.84 Å². The van der Waals surface area contributed by atoms with E-state index < -0.39 is 0 Å². The molecule has 0 bridgehead atoms. The average Bonchev–Trinajstić information content (AvgIpc) is 3.24. The predicted octanol–water partition coefficient (Wildman–Crippen LogP) is 3.43. The molecule has 1 aliphatic carbocycles. The van der Waals surface area contributed by atoms with Crippen LogP contribution >= 0.6 is 0 Å². The van der Waals surface area contributed by atoms with Crippen molar-refractivity contribution in [1.82, 2.24) is 24.8 Å². The Morgan fingerprint density at radius 2 is 1.89 bits per heavy atom. The molecule has 188 valence electrons. The standard InChI is InChI=1S/C27H38N6O2/c1-19(18-35-2)30-27-29-15-24-25(17-33(26(24)31-27)22-7-9-23(34)10-8-22)21-5-3-20(4-6-21)16-32-13-11-28-12-14-32/h3-6,15,17,19,22-23,28,34H,7-14,16,18H2,1-2H3,(H,29,30,31)/t19-,22?,23?/m1/s1. The zero-order valence-corrected chi connectivity index (χ0v) is 20.9. The Balaban J connectivity index is 1.45. The zero-order chi connectivity index (χ0) is 24.2. The molecule has 0 amide bonds. The number of fused-ring (bicyclic) bond motifs is 1. The predicted molar refractivity (Wildman–Crippen MR) is 140 cm³/mol. The molecule has 8 heteroatoms. The Labute approximate surface area is 207 Å². The molecule has 3 aromatic rings. The van der Waals surface area contributed by atoms with Crippen LogP contribution in [0.2, 0.25) is 0 Å². The number of benzene rings is 1. The minimum atomic E-state index is -0.183. The zero-order valence-electron chi connectivity index (χ0n) is 20.9. The number of piperazine rings is 1. The van der Waals surface area contributed by atoms with Crippen LogP contribution in [0.1, 0.15) is 44.2 Å². The Hall–Kier alpha value is -2.52. The first-order chi connectivity index (χ1) is 17.1. The topological polar surface area (TPSA) is 87.5 Å². The summed E-state index contributed by atoms with van der Waals surface area (Å²) in [5.74, 6) is 0.621. The maximum Gasteiger partial charge on any atom is 0.224 e. The quantitative estimate of drug-likeness (QED) is 0.457. The second kappa shape index (κ2) is 11.0. The molecule has 1 saturated heterocycles. The van der Waals surface area contributed by atoms with Gasteiger partial charge in [-0.25, -0.2) is 4.98 Å². The number of nitrogens with one attached hydrogen (secondary N) is 2. The number of methoxy groups -OCH3 is 1. The van der Waals surface area contributed by atoms with Gasteiger partial charge in [0.2, 0.25) is 5.95 Å². The summed E-state index contributed by atoms with van der Waals surface area (Å²) in [6.45, 7) is 7.98. The third-order valence-corrected chi connectivity index (χ3v) is 7.30. The van der Waals surface area contributed by atoms with Gasteiger partial charge in [0.1, 0.15) is 5.65 Å². The van der Waals surface area contributed by atoms with Gasteiger partial charge in [-0.3, -0.25) is 4.90 Å². The molecule has 8 nitrogen and oxygen atoms in total. The highest BCUT2D eigenvalue weighted by atomic mass is 16.5. The van der Waals surface area contributed by atoms with E-state index in [0.717, 1.165) is 75.0 Å². The lowest BCUT2D eigenvalue weighted by atomic mass is 9.93. The number of rotatable bonds is 8. The summed E-state index contributed by atoms with van der Waals surface area (Å²) >= 11 is 0. The Bertz CT molecular complexity index is 1100. The lowest BCUT2D eigenvalue weighted by Crippen LogP contribution is -2.42. The summed E-state index contributed by atoms with van der Waals surface area (Å²) < 4.78 is 7.58. The van der Waals surface area contributed by atoms with Crippen molar-refractivity contribution in [3.8, 4) is 11.1 Å². The summed E-state index contributed by atoms with van der Waals surface area (Å²) in [5, 5.41) is 17.9. The molecular formula is C27H38N6O2. The van der Waals surface area contributed by atoms with Crippen LogP contribution in [-0.2, 0) is 11.3 Å². The Morgan fingerprint density at radius 1 is 1.14 bits per heavy atom. The summed E-state index contributed by atoms with van der Waals surface area (Å²) in [4.78, 5) is 12.1. The molecule has 0 spiro atoms. The van der Waals surface area contributed by atoms with Crippen LogP contribution in [0.4, 0.5) is 5.95 Å². The van der Waals surface area contributed by atoms with Gasteiger partial charge in [-0.05, 0) is 43.7 Å². The van der Waals surface area contributed by atoms with E-state index in [2.05, 4.69) is 62.5 Å². The van der Waals surface area contributed by atoms with Crippen molar-refractivity contribution in [2.75, 3.05) is 45.2 Å². The van der Waals surface area contributed by atoms with Gasteiger partial charge in [0, 0.05) is 75.3 Å². The second-order valence-corrected chi connectivity index (χ2v) is 10.1. The van der Waals surface area contributed by atoms with E-state index in [1.807, 2.05) is 6.20 Å². The van der Waals surface area contributed by atoms with Crippen molar-refractivity contribution in [3.63, 3.8) is 0 Å². The first-order valence-corrected chi connectivity index (χ1v) is 12.9. The highest BCUT2D eigenvalue weighted by molar-refractivity contribution is 5.94. The molecule has 2 aliphatic rings. The van der Waals surface area contributed by atoms with E-state index in [1.54, 1.807) is 7.11 Å². The number of nitrogens with zero attached hydrogens (tertiary/aromatic N) is 4. The summed E-state index contributed by atoms with van der Waals surface area (Å²) in [5.41, 5.74) is 4.64. The van der Waals surface area contributed by atoms with Crippen molar-refractivity contribution >= 4 is 17.0 Å². The lowest BCUT2D eigenvalue weighted by molar-refractivity contribution is 0.111. The molecule has 35 heavy (non-hydrogen) atoms. The summed E-state index contributed by atoms with van der Waals surface area (Å²) in [7, 11) is 1.70. The highest BCUT2D eigenvalue weighted by Gasteiger charge is 2.24. The third kappa shape index (κ3) is 5.67. The number of aliphatic hydroxyl groups is 1. The number of aliphatic hydroxyl groups excluding tert-OH is 1. The second-order valence-electron chi connectivity index (χ2n) is 10.1. The smallest absolute Gasteiger partial charge is 0.224 e. The fraction of sp³-hybridized carbons (Fsp3) is 0.556. The molecule has 2 aromatic heterocycles. The van der Waals surface area contributed by atoms with Gasteiger partial charge in [-0.2, -0.15) is 4.98 Å².